The average molecular weight is 339 g/mol. The molecule has 0 atom stereocenters. The van der Waals surface area contributed by atoms with Crippen molar-refractivity contribution in [2.45, 2.75) is 13.8 Å². The summed E-state index contributed by atoms with van der Waals surface area (Å²) < 4.78 is 10.9. The van der Waals surface area contributed by atoms with Crippen LogP contribution in [0, 0.1) is 6.92 Å². The second-order valence-corrected chi connectivity index (χ2v) is 5.54. The van der Waals surface area contributed by atoms with Crippen LogP contribution in [0.4, 0.5) is 11.7 Å². The number of nitrogens with one attached hydrogen (secondary N) is 2. The summed E-state index contributed by atoms with van der Waals surface area (Å²) >= 11 is 0. The lowest BCUT2D eigenvalue weighted by Gasteiger charge is -2.05. The smallest absolute Gasteiger partial charge is 0.302 e. The summed E-state index contributed by atoms with van der Waals surface area (Å²) in [6.07, 6.45) is 0. The van der Waals surface area contributed by atoms with Crippen LogP contribution in [0.1, 0.15) is 12.5 Å². The van der Waals surface area contributed by atoms with Crippen molar-refractivity contribution in [1.82, 2.24) is 4.98 Å². The van der Waals surface area contributed by atoms with E-state index in [0.717, 1.165) is 5.56 Å². The number of hydrogen-bond donors (Lipinski definition) is 2. The van der Waals surface area contributed by atoms with E-state index >= 15 is 0 Å². The fraction of sp³-hybridized carbons (Fsp3) is 0.167. The molecule has 0 aliphatic rings. The highest BCUT2D eigenvalue weighted by Gasteiger charge is 2.11. The fourth-order valence-electron chi connectivity index (χ4n) is 2.27. The predicted molar refractivity (Wildman–Crippen MR) is 93.6 cm³/mol. The Balaban J connectivity index is 1.63. The molecule has 0 aliphatic heterocycles. The second kappa shape index (κ2) is 7.04. The summed E-state index contributed by atoms with van der Waals surface area (Å²) in [5.41, 5.74) is 2.67. The third-order valence-corrected chi connectivity index (χ3v) is 3.31. The average Bonchev–Trinajstić information content (AvgIpc) is 2.94. The van der Waals surface area contributed by atoms with E-state index in [0.29, 0.717) is 22.5 Å². The number of hydrogen-bond acceptors (Lipinski definition) is 5. The van der Waals surface area contributed by atoms with E-state index < -0.39 is 0 Å². The lowest BCUT2D eigenvalue weighted by atomic mass is 10.2. The van der Waals surface area contributed by atoms with Crippen LogP contribution in [0.5, 0.6) is 5.75 Å². The number of oxazole rings is 1. The Labute approximate surface area is 144 Å². The number of fused-ring (bicyclic) bond motifs is 1. The van der Waals surface area contributed by atoms with E-state index in [1.54, 1.807) is 24.3 Å². The minimum atomic E-state index is -0.379. The Kier molecular flexibility index (Phi) is 4.65. The molecule has 2 amide bonds. The molecule has 0 bridgehead atoms. The molecule has 0 fully saturated rings. The summed E-state index contributed by atoms with van der Waals surface area (Å²) in [5.74, 6) is 0.0588. The van der Waals surface area contributed by atoms with E-state index in [4.69, 9.17) is 9.15 Å². The van der Waals surface area contributed by atoms with Gasteiger partial charge in [-0.2, -0.15) is 4.98 Å². The SMILES string of the molecule is CC(=O)Nc1ccc2nc(NC(=O)COc3cccc(C)c3)oc2c1. The third-order valence-electron chi connectivity index (χ3n) is 3.31. The van der Waals surface area contributed by atoms with Crippen molar-refractivity contribution in [3.8, 4) is 5.75 Å². The van der Waals surface area contributed by atoms with Gasteiger partial charge in [-0.05, 0) is 36.8 Å². The molecule has 2 aromatic carbocycles. The summed E-state index contributed by atoms with van der Waals surface area (Å²) in [7, 11) is 0. The molecule has 128 valence electrons. The Morgan fingerprint density at radius 1 is 1.16 bits per heavy atom. The minimum absolute atomic E-state index is 0.0767. The van der Waals surface area contributed by atoms with E-state index in [9.17, 15) is 9.59 Å². The van der Waals surface area contributed by atoms with Crippen LogP contribution >= 0.6 is 0 Å². The maximum atomic E-state index is 12.0. The van der Waals surface area contributed by atoms with Crippen molar-refractivity contribution < 1.29 is 18.7 Å². The van der Waals surface area contributed by atoms with Gasteiger partial charge in [0.2, 0.25) is 5.91 Å². The normalized spacial score (nSPS) is 10.5. The largest absolute Gasteiger partial charge is 0.484 e. The number of anilines is 2. The summed E-state index contributed by atoms with van der Waals surface area (Å²) in [6, 6.07) is 12.5. The first-order valence-corrected chi connectivity index (χ1v) is 7.67. The number of aryl methyl sites for hydroxylation is 1. The van der Waals surface area contributed by atoms with Crippen molar-refractivity contribution in [2.75, 3.05) is 17.2 Å². The molecule has 25 heavy (non-hydrogen) atoms. The fourth-order valence-corrected chi connectivity index (χ4v) is 2.27. The first kappa shape index (κ1) is 16.5. The molecule has 0 aliphatic carbocycles. The Hall–Kier alpha value is -3.35. The number of amides is 2. The minimum Gasteiger partial charge on any atom is -0.484 e. The zero-order valence-electron chi connectivity index (χ0n) is 13.8. The molecule has 1 heterocycles. The Morgan fingerprint density at radius 2 is 2.00 bits per heavy atom. The molecule has 0 unspecified atom stereocenters. The number of ether oxygens (including phenoxy) is 1. The highest BCUT2D eigenvalue weighted by atomic mass is 16.5. The highest BCUT2D eigenvalue weighted by Crippen LogP contribution is 2.22. The standard InChI is InChI=1S/C18H17N3O4/c1-11-4-3-5-14(8-11)24-10-17(23)21-18-20-15-7-6-13(19-12(2)22)9-16(15)25-18/h3-9H,10H2,1-2H3,(H,19,22)(H,20,21,23). The topological polar surface area (TPSA) is 93.5 Å². The van der Waals surface area contributed by atoms with Crippen molar-refractivity contribution in [2.24, 2.45) is 0 Å². The van der Waals surface area contributed by atoms with Gasteiger partial charge in [-0.1, -0.05) is 12.1 Å². The molecular weight excluding hydrogens is 322 g/mol. The number of carbonyl (C=O) groups excluding carboxylic acids is 2. The first-order valence-electron chi connectivity index (χ1n) is 7.67. The van der Waals surface area contributed by atoms with Crippen molar-refractivity contribution >= 4 is 34.6 Å². The number of carbonyl (C=O) groups is 2. The molecule has 0 spiro atoms. The van der Waals surface area contributed by atoms with Crippen LogP contribution in [0.15, 0.2) is 46.9 Å². The Bertz CT molecular complexity index is 933. The van der Waals surface area contributed by atoms with Gasteiger partial charge in [0.25, 0.3) is 5.91 Å². The first-order chi connectivity index (χ1) is 12.0. The van der Waals surface area contributed by atoms with Gasteiger partial charge in [0.1, 0.15) is 11.3 Å². The molecule has 7 heteroatoms. The zero-order chi connectivity index (χ0) is 17.8. The summed E-state index contributed by atoms with van der Waals surface area (Å²) in [6.45, 7) is 3.21. The van der Waals surface area contributed by atoms with Crippen LogP contribution in [0.25, 0.3) is 11.1 Å². The predicted octanol–water partition coefficient (Wildman–Crippen LogP) is 3.11. The van der Waals surface area contributed by atoms with Crippen molar-refractivity contribution in [1.29, 1.82) is 0 Å². The van der Waals surface area contributed by atoms with Gasteiger partial charge in [0.05, 0.1) is 0 Å². The van der Waals surface area contributed by atoms with Gasteiger partial charge in [-0.15, -0.1) is 0 Å². The highest BCUT2D eigenvalue weighted by molar-refractivity contribution is 5.93. The van der Waals surface area contributed by atoms with Gasteiger partial charge in [0, 0.05) is 18.7 Å². The molecule has 2 N–H and O–H groups in total. The molecule has 0 saturated heterocycles. The molecule has 0 radical (unpaired) electrons. The van der Waals surface area contributed by atoms with Gasteiger partial charge >= 0.3 is 6.01 Å². The molecule has 1 aromatic heterocycles. The molecule has 3 rings (SSSR count). The van der Waals surface area contributed by atoms with Crippen molar-refractivity contribution in [3.63, 3.8) is 0 Å². The lowest BCUT2D eigenvalue weighted by molar-refractivity contribution is -0.118. The van der Waals surface area contributed by atoms with Crippen LogP contribution in [-0.2, 0) is 9.59 Å². The zero-order valence-corrected chi connectivity index (χ0v) is 13.8. The van der Waals surface area contributed by atoms with Crippen LogP contribution in [0.3, 0.4) is 0 Å². The number of nitrogens with zero attached hydrogens (tertiary/aromatic N) is 1. The van der Waals surface area contributed by atoms with Crippen LogP contribution in [0.2, 0.25) is 0 Å². The second-order valence-electron chi connectivity index (χ2n) is 5.54. The van der Waals surface area contributed by atoms with Crippen molar-refractivity contribution in [3.05, 3.63) is 48.0 Å². The van der Waals surface area contributed by atoms with Gasteiger partial charge in [-0.25, -0.2) is 0 Å². The summed E-state index contributed by atoms with van der Waals surface area (Å²) in [4.78, 5) is 27.2. The van der Waals surface area contributed by atoms with Crippen LogP contribution < -0.4 is 15.4 Å². The van der Waals surface area contributed by atoms with Gasteiger partial charge in [0.15, 0.2) is 12.2 Å². The van der Waals surface area contributed by atoms with E-state index in [2.05, 4.69) is 15.6 Å². The molecule has 3 aromatic rings. The Morgan fingerprint density at radius 3 is 2.76 bits per heavy atom. The van der Waals surface area contributed by atoms with E-state index in [-0.39, 0.29) is 24.4 Å². The molecular formula is C18H17N3O4. The molecule has 0 saturated carbocycles. The number of benzene rings is 2. The number of aromatic nitrogens is 1. The van der Waals surface area contributed by atoms with Gasteiger partial charge in [-0.3, -0.25) is 14.9 Å². The molecule has 7 nitrogen and oxygen atoms in total. The van der Waals surface area contributed by atoms with Gasteiger partial charge < -0.3 is 14.5 Å². The summed E-state index contributed by atoms with van der Waals surface area (Å²) in [5, 5.41) is 5.20. The lowest BCUT2D eigenvalue weighted by Crippen LogP contribution is -2.20. The quantitative estimate of drug-likeness (QED) is 0.745. The third kappa shape index (κ3) is 4.35. The maximum absolute atomic E-state index is 12.0. The van der Waals surface area contributed by atoms with Crippen LogP contribution in [-0.4, -0.2) is 23.4 Å². The van der Waals surface area contributed by atoms with E-state index in [1.807, 2.05) is 25.1 Å². The number of rotatable bonds is 5. The maximum Gasteiger partial charge on any atom is 0.302 e. The monoisotopic (exact) mass is 339 g/mol. The van der Waals surface area contributed by atoms with E-state index in [1.165, 1.54) is 6.92 Å².